The van der Waals surface area contributed by atoms with Crippen LogP contribution in [-0.2, 0) is 11.3 Å². The van der Waals surface area contributed by atoms with Crippen molar-refractivity contribution in [2.45, 2.75) is 26.3 Å². The zero-order valence-electron chi connectivity index (χ0n) is 14.0. The Bertz CT molecular complexity index is 473. The van der Waals surface area contributed by atoms with Crippen LogP contribution in [0.1, 0.15) is 25.3 Å². The molecule has 0 unspecified atom stereocenters. The van der Waals surface area contributed by atoms with E-state index in [4.69, 9.17) is 21.1 Å². The summed E-state index contributed by atoms with van der Waals surface area (Å²) in [4.78, 5) is 4.21. The summed E-state index contributed by atoms with van der Waals surface area (Å²) in [7, 11) is 3.40. The van der Waals surface area contributed by atoms with Gasteiger partial charge in [-0.05, 0) is 31.9 Å². The quantitative estimate of drug-likeness (QED) is 0.259. The number of nitrogens with zero attached hydrogens (tertiary/aromatic N) is 1. The van der Waals surface area contributed by atoms with E-state index in [1.807, 2.05) is 25.1 Å². The van der Waals surface area contributed by atoms with Crippen molar-refractivity contribution in [3.63, 3.8) is 0 Å². The first-order chi connectivity index (χ1) is 10.7. The van der Waals surface area contributed by atoms with Crippen LogP contribution in [0.4, 0.5) is 0 Å². The first kappa shape index (κ1) is 22.3. The van der Waals surface area contributed by atoms with Crippen LogP contribution in [0, 0.1) is 0 Å². The summed E-state index contributed by atoms with van der Waals surface area (Å²) >= 11 is 5.96. The molecule has 0 aliphatic carbocycles. The topological polar surface area (TPSA) is 54.9 Å². The number of ether oxygens (including phenoxy) is 2. The third-order valence-corrected chi connectivity index (χ3v) is 3.37. The molecular formula is C16H27ClIN3O2. The second-order valence-corrected chi connectivity index (χ2v) is 5.15. The van der Waals surface area contributed by atoms with E-state index in [9.17, 15) is 0 Å². The maximum Gasteiger partial charge on any atom is 0.191 e. The highest BCUT2D eigenvalue weighted by atomic mass is 127. The minimum Gasteiger partial charge on any atom is -0.496 e. The first-order valence-corrected chi connectivity index (χ1v) is 7.93. The zero-order chi connectivity index (χ0) is 16.2. The van der Waals surface area contributed by atoms with Gasteiger partial charge in [0.2, 0.25) is 0 Å². The molecule has 5 nitrogen and oxygen atoms in total. The Kier molecular flexibility index (Phi) is 13.3. The van der Waals surface area contributed by atoms with Gasteiger partial charge >= 0.3 is 0 Å². The molecule has 0 saturated carbocycles. The molecule has 0 atom stereocenters. The van der Waals surface area contributed by atoms with E-state index >= 15 is 0 Å². The van der Waals surface area contributed by atoms with Crippen molar-refractivity contribution in [3.05, 3.63) is 28.8 Å². The van der Waals surface area contributed by atoms with E-state index in [1.165, 1.54) is 0 Å². The van der Waals surface area contributed by atoms with Gasteiger partial charge in [-0.2, -0.15) is 0 Å². The molecule has 0 aliphatic rings. The number of hydrogen-bond acceptors (Lipinski definition) is 3. The number of rotatable bonds is 9. The van der Waals surface area contributed by atoms with Crippen molar-refractivity contribution in [1.82, 2.24) is 10.6 Å². The molecule has 2 N–H and O–H groups in total. The summed E-state index contributed by atoms with van der Waals surface area (Å²) in [5, 5.41) is 7.21. The third-order valence-electron chi connectivity index (χ3n) is 3.13. The molecule has 1 rings (SSSR count). The number of nitrogens with one attached hydrogen (secondary N) is 2. The van der Waals surface area contributed by atoms with E-state index in [0.29, 0.717) is 11.6 Å². The van der Waals surface area contributed by atoms with Crippen molar-refractivity contribution in [2.75, 3.05) is 33.9 Å². The molecule has 0 bridgehead atoms. The monoisotopic (exact) mass is 455 g/mol. The van der Waals surface area contributed by atoms with Gasteiger partial charge in [0.15, 0.2) is 5.96 Å². The fourth-order valence-corrected chi connectivity index (χ4v) is 2.11. The largest absolute Gasteiger partial charge is 0.496 e. The maximum atomic E-state index is 5.96. The summed E-state index contributed by atoms with van der Waals surface area (Å²) in [6.45, 7) is 5.09. The van der Waals surface area contributed by atoms with Crippen LogP contribution >= 0.6 is 35.6 Å². The number of benzene rings is 1. The highest BCUT2D eigenvalue weighted by Gasteiger charge is 2.05. The predicted octanol–water partition coefficient (Wildman–Crippen LogP) is 3.45. The van der Waals surface area contributed by atoms with Crippen LogP contribution in [0.25, 0.3) is 0 Å². The van der Waals surface area contributed by atoms with Gasteiger partial charge < -0.3 is 20.1 Å². The molecule has 1 aromatic rings. The Hall–Kier alpha value is -0.730. The molecular weight excluding hydrogens is 429 g/mol. The molecule has 0 fully saturated rings. The highest BCUT2D eigenvalue weighted by molar-refractivity contribution is 14.0. The summed E-state index contributed by atoms with van der Waals surface area (Å²) in [5.74, 6) is 1.54. The minimum atomic E-state index is 0. The van der Waals surface area contributed by atoms with Gasteiger partial charge in [-0.3, -0.25) is 4.99 Å². The van der Waals surface area contributed by atoms with E-state index in [-0.39, 0.29) is 24.0 Å². The van der Waals surface area contributed by atoms with Crippen LogP contribution in [0.3, 0.4) is 0 Å². The van der Waals surface area contributed by atoms with Crippen LogP contribution in [0.15, 0.2) is 23.2 Å². The average Bonchev–Trinajstić information content (AvgIpc) is 2.54. The Morgan fingerprint density at radius 2 is 2.04 bits per heavy atom. The fourth-order valence-electron chi connectivity index (χ4n) is 1.94. The number of guanidine groups is 1. The minimum absolute atomic E-state index is 0. The Labute approximate surface area is 161 Å². The summed E-state index contributed by atoms with van der Waals surface area (Å²) < 4.78 is 10.6. The standard InChI is InChI=1S/C16H26ClN3O2.HI/c1-4-22-10-6-5-9-19-16(18-2)20-12-13-7-8-14(17)11-15(13)21-3;/h7-8,11H,4-6,9-10,12H2,1-3H3,(H2,18,19,20);1H. The number of halogens is 2. The lowest BCUT2D eigenvalue weighted by molar-refractivity contribution is 0.143. The first-order valence-electron chi connectivity index (χ1n) is 7.56. The van der Waals surface area contributed by atoms with Crippen molar-refractivity contribution >= 4 is 41.5 Å². The lowest BCUT2D eigenvalue weighted by Crippen LogP contribution is -2.37. The molecule has 23 heavy (non-hydrogen) atoms. The van der Waals surface area contributed by atoms with Crippen LogP contribution in [0.2, 0.25) is 5.02 Å². The van der Waals surface area contributed by atoms with Crippen LogP contribution in [-0.4, -0.2) is 39.9 Å². The summed E-state index contributed by atoms with van der Waals surface area (Å²) in [6.07, 6.45) is 2.09. The third kappa shape index (κ3) is 9.22. The van der Waals surface area contributed by atoms with E-state index in [1.54, 1.807) is 14.2 Å². The molecule has 7 heteroatoms. The van der Waals surface area contributed by atoms with Crippen LogP contribution in [0.5, 0.6) is 5.75 Å². The number of aliphatic imine (C=N–C) groups is 1. The van der Waals surface area contributed by atoms with E-state index in [2.05, 4.69) is 15.6 Å². The van der Waals surface area contributed by atoms with Gasteiger partial charge in [0.05, 0.1) is 7.11 Å². The zero-order valence-corrected chi connectivity index (χ0v) is 17.1. The lowest BCUT2D eigenvalue weighted by Gasteiger charge is -2.14. The molecule has 0 aliphatic heterocycles. The summed E-state index contributed by atoms with van der Waals surface area (Å²) in [5.41, 5.74) is 1.03. The smallest absolute Gasteiger partial charge is 0.191 e. The normalized spacial score (nSPS) is 10.9. The van der Waals surface area contributed by atoms with Gasteiger partial charge in [-0.25, -0.2) is 0 Å². The molecule has 1 aromatic carbocycles. The van der Waals surface area contributed by atoms with Gasteiger partial charge in [0.25, 0.3) is 0 Å². The summed E-state index contributed by atoms with van der Waals surface area (Å²) in [6, 6.07) is 5.61. The van der Waals surface area contributed by atoms with Gasteiger partial charge in [0.1, 0.15) is 5.75 Å². The van der Waals surface area contributed by atoms with Crippen molar-refractivity contribution in [3.8, 4) is 5.75 Å². The van der Waals surface area contributed by atoms with E-state index < -0.39 is 0 Å². The maximum absolute atomic E-state index is 5.96. The Balaban J connectivity index is 0.00000484. The van der Waals surface area contributed by atoms with Crippen LogP contribution < -0.4 is 15.4 Å². The highest BCUT2D eigenvalue weighted by Crippen LogP contribution is 2.22. The van der Waals surface area contributed by atoms with Crippen molar-refractivity contribution < 1.29 is 9.47 Å². The average molecular weight is 456 g/mol. The molecule has 0 heterocycles. The van der Waals surface area contributed by atoms with Crippen molar-refractivity contribution in [2.24, 2.45) is 4.99 Å². The second kappa shape index (κ2) is 13.7. The second-order valence-electron chi connectivity index (χ2n) is 4.71. The Morgan fingerprint density at radius 3 is 2.70 bits per heavy atom. The number of unbranched alkanes of at least 4 members (excludes halogenated alkanes) is 1. The van der Waals surface area contributed by atoms with Gasteiger partial charge in [0, 0.05) is 43.9 Å². The van der Waals surface area contributed by atoms with Gasteiger partial charge in [-0.1, -0.05) is 17.7 Å². The number of hydrogen-bond donors (Lipinski definition) is 2. The molecule has 0 spiro atoms. The molecule has 132 valence electrons. The lowest BCUT2D eigenvalue weighted by atomic mass is 10.2. The molecule has 0 radical (unpaired) electrons. The van der Waals surface area contributed by atoms with Crippen molar-refractivity contribution in [1.29, 1.82) is 0 Å². The molecule has 0 amide bonds. The molecule has 0 saturated heterocycles. The van der Waals surface area contributed by atoms with E-state index in [0.717, 1.165) is 49.9 Å². The number of methoxy groups -OCH3 is 1. The fraction of sp³-hybridized carbons (Fsp3) is 0.562. The molecule has 0 aromatic heterocycles. The van der Waals surface area contributed by atoms with Gasteiger partial charge in [-0.15, -0.1) is 24.0 Å². The Morgan fingerprint density at radius 1 is 1.26 bits per heavy atom. The SMILES string of the molecule is CCOCCCCNC(=NC)NCc1ccc(Cl)cc1OC.I. The predicted molar refractivity (Wildman–Crippen MR) is 107 cm³/mol.